The van der Waals surface area contributed by atoms with Gasteiger partial charge in [-0.15, -0.1) is 0 Å². The molecule has 1 aliphatic rings. The van der Waals surface area contributed by atoms with E-state index in [-0.39, 0.29) is 0 Å². The summed E-state index contributed by atoms with van der Waals surface area (Å²) < 4.78 is 35.2. The summed E-state index contributed by atoms with van der Waals surface area (Å²) in [5.41, 5.74) is 0. The molecule has 14 heavy (non-hydrogen) atoms. The van der Waals surface area contributed by atoms with Crippen molar-refractivity contribution in [3.05, 3.63) is 0 Å². The van der Waals surface area contributed by atoms with E-state index in [0.717, 1.165) is 12.5 Å². The highest BCUT2D eigenvalue weighted by atomic mass is 19.4. The molecule has 0 unspecified atom stereocenters. The minimum absolute atomic E-state index is 0.405. The first kappa shape index (κ1) is 11.8. The summed E-state index contributed by atoms with van der Waals surface area (Å²) in [4.78, 5) is 2.08. The van der Waals surface area contributed by atoms with E-state index >= 15 is 0 Å². The second-order valence-electron chi connectivity index (χ2n) is 4.00. The van der Waals surface area contributed by atoms with Crippen LogP contribution >= 0.6 is 0 Å². The van der Waals surface area contributed by atoms with Gasteiger partial charge in [0.2, 0.25) is 0 Å². The molecule has 0 spiro atoms. The molecular formula is C9H17F3N2. The second kappa shape index (κ2) is 4.98. The number of halogens is 3. The van der Waals surface area contributed by atoms with Gasteiger partial charge in [0.1, 0.15) is 0 Å². The van der Waals surface area contributed by atoms with Crippen LogP contribution in [0.25, 0.3) is 0 Å². The molecule has 1 N–H and O–H groups in total. The van der Waals surface area contributed by atoms with Crippen molar-refractivity contribution in [2.75, 3.05) is 33.2 Å². The van der Waals surface area contributed by atoms with Gasteiger partial charge in [0.15, 0.2) is 0 Å². The molecule has 0 heterocycles. The van der Waals surface area contributed by atoms with E-state index in [0.29, 0.717) is 13.1 Å². The van der Waals surface area contributed by atoms with Crippen molar-refractivity contribution in [3.63, 3.8) is 0 Å². The molecule has 84 valence electrons. The number of rotatable bonds is 6. The summed E-state index contributed by atoms with van der Waals surface area (Å²) in [5, 5.41) is 2.38. The summed E-state index contributed by atoms with van der Waals surface area (Å²) in [6.07, 6.45) is -1.53. The molecule has 2 nitrogen and oxygen atoms in total. The van der Waals surface area contributed by atoms with Crippen molar-refractivity contribution in [3.8, 4) is 0 Å². The topological polar surface area (TPSA) is 15.3 Å². The van der Waals surface area contributed by atoms with Gasteiger partial charge in [0.05, 0.1) is 6.54 Å². The number of hydrogen-bond acceptors (Lipinski definition) is 2. The number of hydrogen-bond donors (Lipinski definition) is 1. The molecule has 1 rings (SSSR count). The predicted octanol–water partition coefficient (Wildman–Crippen LogP) is 1.48. The lowest BCUT2D eigenvalue weighted by atomic mass is 10.4. The van der Waals surface area contributed by atoms with Gasteiger partial charge in [-0.1, -0.05) is 0 Å². The van der Waals surface area contributed by atoms with Crippen LogP contribution in [0.4, 0.5) is 13.2 Å². The summed E-state index contributed by atoms with van der Waals surface area (Å²) in [6, 6.07) is 0. The fraction of sp³-hybridized carbons (Fsp3) is 1.00. The van der Waals surface area contributed by atoms with Gasteiger partial charge >= 0.3 is 6.18 Å². The normalized spacial score (nSPS) is 17.8. The molecular weight excluding hydrogens is 193 g/mol. The highest BCUT2D eigenvalue weighted by Gasteiger charge is 2.26. The Labute approximate surface area is 82.5 Å². The molecule has 0 amide bonds. The average molecular weight is 210 g/mol. The maximum atomic E-state index is 11.7. The van der Waals surface area contributed by atoms with E-state index in [4.69, 9.17) is 0 Å². The zero-order chi connectivity index (χ0) is 10.6. The first-order chi connectivity index (χ1) is 6.47. The van der Waals surface area contributed by atoms with Crippen LogP contribution in [0.15, 0.2) is 0 Å². The van der Waals surface area contributed by atoms with Crippen molar-refractivity contribution in [1.29, 1.82) is 0 Å². The van der Waals surface area contributed by atoms with Crippen molar-refractivity contribution in [2.45, 2.75) is 19.0 Å². The van der Waals surface area contributed by atoms with Crippen LogP contribution in [0, 0.1) is 5.92 Å². The monoisotopic (exact) mass is 210 g/mol. The molecule has 1 saturated carbocycles. The lowest BCUT2D eigenvalue weighted by Gasteiger charge is -2.16. The van der Waals surface area contributed by atoms with Gasteiger partial charge in [-0.25, -0.2) is 0 Å². The number of likely N-dealkylation sites (N-methyl/N-ethyl adjacent to an activating group) is 1. The third-order valence-electron chi connectivity index (χ3n) is 2.26. The largest absolute Gasteiger partial charge is 0.401 e. The molecule has 0 aliphatic heterocycles. The Kier molecular flexibility index (Phi) is 4.19. The summed E-state index contributed by atoms with van der Waals surface area (Å²) >= 11 is 0. The second-order valence-corrected chi connectivity index (χ2v) is 4.00. The molecule has 5 heteroatoms. The smallest absolute Gasteiger partial charge is 0.307 e. The van der Waals surface area contributed by atoms with Crippen LogP contribution in [0.5, 0.6) is 0 Å². The summed E-state index contributed by atoms with van der Waals surface area (Å²) in [6.45, 7) is 1.23. The van der Waals surface area contributed by atoms with E-state index in [2.05, 4.69) is 10.2 Å². The van der Waals surface area contributed by atoms with E-state index in [1.165, 1.54) is 12.8 Å². The fourth-order valence-corrected chi connectivity index (χ4v) is 1.33. The molecule has 0 radical (unpaired) electrons. The Morgan fingerprint density at radius 2 is 2.00 bits per heavy atom. The van der Waals surface area contributed by atoms with Crippen LogP contribution in [-0.4, -0.2) is 44.3 Å². The van der Waals surface area contributed by atoms with Gasteiger partial charge in [0.25, 0.3) is 0 Å². The highest BCUT2D eigenvalue weighted by molar-refractivity contribution is 4.76. The van der Waals surface area contributed by atoms with Gasteiger partial charge in [0, 0.05) is 19.6 Å². The SMILES string of the molecule is CN(CCNCC(F)(F)F)CC1CC1. The number of nitrogens with zero attached hydrogens (tertiary/aromatic N) is 1. The van der Waals surface area contributed by atoms with E-state index in [1.54, 1.807) is 0 Å². The third kappa shape index (κ3) is 6.21. The quantitative estimate of drug-likeness (QED) is 0.668. The van der Waals surface area contributed by atoms with Crippen molar-refractivity contribution in [2.24, 2.45) is 5.92 Å². The molecule has 0 atom stereocenters. The molecule has 1 aliphatic carbocycles. The zero-order valence-electron chi connectivity index (χ0n) is 8.40. The minimum atomic E-state index is -4.09. The third-order valence-corrected chi connectivity index (χ3v) is 2.26. The van der Waals surface area contributed by atoms with Gasteiger partial charge in [-0.05, 0) is 25.8 Å². The Balaban J connectivity index is 1.91. The van der Waals surface area contributed by atoms with Crippen molar-refractivity contribution < 1.29 is 13.2 Å². The molecule has 0 aromatic heterocycles. The first-order valence-electron chi connectivity index (χ1n) is 4.93. The van der Waals surface area contributed by atoms with Gasteiger partial charge < -0.3 is 10.2 Å². The Hall–Kier alpha value is -0.290. The standard InChI is InChI=1S/C9H17F3N2/c1-14(6-8-2-3-8)5-4-13-7-9(10,11)12/h8,13H,2-7H2,1H3. The van der Waals surface area contributed by atoms with E-state index in [9.17, 15) is 13.2 Å². The lowest BCUT2D eigenvalue weighted by Crippen LogP contribution is -2.35. The van der Waals surface area contributed by atoms with E-state index < -0.39 is 12.7 Å². The summed E-state index contributed by atoms with van der Waals surface area (Å²) in [5.74, 6) is 0.794. The highest BCUT2D eigenvalue weighted by Crippen LogP contribution is 2.29. The maximum absolute atomic E-state index is 11.7. The maximum Gasteiger partial charge on any atom is 0.401 e. The fourth-order valence-electron chi connectivity index (χ4n) is 1.33. The minimum Gasteiger partial charge on any atom is -0.307 e. The van der Waals surface area contributed by atoms with Crippen molar-refractivity contribution >= 4 is 0 Å². The molecule has 0 aromatic carbocycles. The molecule has 0 aromatic rings. The summed E-state index contributed by atoms with van der Waals surface area (Å²) in [7, 11) is 1.95. The lowest BCUT2D eigenvalue weighted by molar-refractivity contribution is -0.124. The Bertz CT molecular complexity index is 166. The van der Waals surface area contributed by atoms with Crippen LogP contribution in [-0.2, 0) is 0 Å². The van der Waals surface area contributed by atoms with Crippen LogP contribution in [0.3, 0.4) is 0 Å². The predicted molar refractivity (Wildman–Crippen MR) is 49.1 cm³/mol. The number of nitrogens with one attached hydrogen (secondary N) is 1. The number of alkyl halides is 3. The molecule has 1 fully saturated rings. The van der Waals surface area contributed by atoms with Crippen LogP contribution < -0.4 is 5.32 Å². The van der Waals surface area contributed by atoms with Crippen LogP contribution in [0.1, 0.15) is 12.8 Å². The molecule has 0 saturated heterocycles. The molecule has 0 bridgehead atoms. The zero-order valence-corrected chi connectivity index (χ0v) is 8.40. The van der Waals surface area contributed by atoms with Gasteiger partial charge in [-0.2, -0.15) is 13.2 Å². The van der Waals surface area contributed by atoms with E-state index in [1.807, 2.05) is 7.05 Å². The Morgan fingerprint density at radius 1 is 1.36 bits per heavy atom. The van der Waals surface area contributed by atoms with Crippen molar-refractivity contribution in [1.82, 2.24) is 10.2 Å². The average Bonchev–Trinajstić information content (AvgIpc) is 2.80. The first-order valence-corrected chi connectivity index (χ1v) is 4.93. The van der Waals surface area contributed by atoms with Gasteiger partial charge in [-0.3, -0.25) is 0 Å². The van der Waals surface area contributed by atoms with Crippen LogP contribution in [0.2, 0.25) is 0 Å². The Morgan fingerprint density at radius 3 is 2.50 bits per heavy atom.